The topological polar surface area (TPSA) is 75.3 Å². The molecular formula is C12H14N2O2S. The number of hydrogen-bond acceptors (Lipinski definition) is 2. The summed E-state index contributed by atoms with van der Waals surface area (Å²) in [4.78, 5) is 2.59. The van der Waals surface area contributed by atoms with Crippen molar-refractivity contribution in [2.75, 3.05) is 0 Å². The van der Waals surface area contributed by atoms with Crippen molar-refractivity contribution in [1.82, 2.24) is 4.83 Å². The van der Waals surface area contributed by atoms with Crippen LogP contribution in [0.5, 0.6) is 0 Å². The zero-order valence-electron chi connectivity index (χ0n) is 9.11. The summed E-state index contributed by atoms with van der Waals surface area (Å²) < 4.78 is 23.4. The molecule has 0 atom stereocenters. The molecule has 4 nitrogen and oxygen atoms in total. The Bertz CT molecular complexity index is 526. The zero-order valence-corrected chi connectivity index (χ0v) is 9.93. The van der Waals surface area contributed by atoms with Crippen LogP contribution >= 0.6 is 0 Å². The second-order valence-electron chi connectivity index (χ2n) is 3.65. The first-order valence-corrected chi connectivity index (χ1v) is 6.99. The van der Waals surface area contributed by atoms with Crippen molar-refractivity contribution in [3.8, 4) is 0 Å². The Hall–Kier alpha value is -1.53. The fraction of sp³-hybridized carbons (Fsp3) is 0. The third-order valence-electron chi connectivity index (χ3n) is 2.58. The van der Waals surface area contributed by atoms with E-state index >= 15 is 0 Å². The second kappa shape index (κ2) is 4.05. The van der Waals surface area contributed by atoms with Gasteiger partial charge in [-0.1, -0.05) is 45.9 Å². The van der Waals surface area contributed by atoms with Crippen LogP contribution in [-0.4, -0.2) is 8.76 Å². The molecule has 0 saturated carbocycles. The Kier molecular flexibility index (Phi) is 2.84. The van der Waals surface area contributed by atoms with Gasteiger partial charge in [0, 0.05) is 0 Å². The van der Waals surface area contributed by atoms with Gasteiger partial charge in [0.05, 0.1) is 9.79 Å². The lowest BCUT2D eigenvalue weighted by Gasteiger charge is -2.42. The third kappa shape index (κ3) is 1.89. The summed E-state index contributed by atoms with van der Waals surface area (Å²) in [5.41, 5.74) is 0. The summed E-state index contributed by atoms with van der Waals surface area (Å²) in [5.74, 6) is 5.34. The fourth-order valence-electron chi connectivity index (χ4n) is 1.62. The highest BCUT2D eigenvalue weighted by Gasteiger charge is 2.30. The molecule has 4 N–H and O–H groups in total. The fourth-order valence-corrected chi connectivity index (χ4v) is 3.49. The summed E-state index contributed by atoms with van der Waals surface area (Å²) in [7, 11) is -4.40. The van der Waals surface area contributed by atoms with Crippen molar-refractivity contribution in [2.45, 2.75) is 9.79 Å². The predicted molar refractivity (Wildman–Crippen MR) is 67.5 cm³/mol. The Morgan fingerprint density at radius 3 is 1.53 bits per heavy atom. The highest BCUT2D eigenvalue weighted by atomic mass is 32.3. The molecule has 2 aromatic rings. The van der Waals surface area contributed by atoms with Crippen molar-refractivity contribution < 1.29 is 8.76 Å². The van der Waals surface area contributed by atoms with Gasteiger partial charge in [0.2, 0.25) is 0 Å². The zero-order chi connectivity index (χ0) is 12.4. The molecule has 0 amide bonds. The molecule has 90 valence electrons. The second-order valence-corrected chi connectivity index (χ2v) is 6.64. The van der Waals surface area contributed by atoms with Gasteiger partial charge >= 0.3 is 0 Å². The number of hydrogen-bond donors (Lipinski definition) is 3. The van der Waals surface area contributed by atoms with Gasteiger partial charge in [0.1, 0.15) is 0 Å². The van der Waals surface area contributed by atoms with E-state index in [1.807, 2.05) is 0 Å². The molecule has 0 spiro atoms. The first-order chi connectivity index (χ1) is 8.07. The third-order valence-corrected chi connectivity index (χ3v) is 5.31. The van der Waals surface area contributed by atoms with Crippen LogP contribution in [0.2, 0.25) is 0 Å². The van der Waals surface area contributed by atoms with Crippen molar-refractivity contribution >= 4 is 9.53 Å². The molecule has 0 radical (unpaired) electrons. The maximum atomic E-state index is 12.9. The van der Waals surface area contributed by atoms with Gasteiger partial charge < -0.3 is 0 Å². The SMILES string of the molecule is NNS(=O)(O)(c1ccccc1)c1ccccc1. The van der Waals surface area contributed by atoms with E-state index in [0.717, 1.165) is 0 Å². The first-order valence-electron chi connectivity index (χ1n) is 5.07. The summed E-state index contributed by atoms with van der Waals surface area (Å²) >= 11 is 0. The minimum Gasteiger partial charge on any atom is -0.281 e. The molecule has 2 aromatic carbocycles. The molecule has 0 heterocycles. The van der Waals surface area contributed by atoms with E-state index in [0.29, 0.717) is 0 Å². The highest BCUT2D eigenvalue weighted by molar-refractivity contribution is 8.13. The molecule has 0 aliphatic heterocycles. The van der Waals surface area contributed by atoms with E-state index in [2.05, 4.69) is 4.83 Å². The largest absolute Gasteiger partial charge is 0.281 e. The van der Waals surface area contributed by atoms with Crippen LogP contribution in [0.4, 0.5) is 0 Å². The van der Waals surface area contributed by atoms with Gasteiger partial charge in [-0.15, -0.1) is 0 Å². The van der Waals surface area contributed by atoms with Crippen LogP contribution in [-0.2, 0) is 9.53 Å². The summed E-state index contributed by atoms with van der Waals surface area (Å²) in [6.07, 6.45) is 0. The molecule has 0 aromatic heterocycles. The van der Waals surface area contributed by atoms with Gasteiger partial charge in [-0.2, -0.15) is 9.04 Å². The van der Waals surface area contributed by atoms with Crippen molar-refractivity contribution in [3.63, 3.8) is 0 Å². The van der Waals surface area contributed by atoms with Crippen LogP contribution < -0.4 is 10.7 Å². The number of rotatable bonds is 3. The smallest absolute Gasteiger partial charge is 0.0753 e. The van der Waals surface area contributed by atoms with E-state index in [4.69, 9.17) is 5.84 Å². The molecule has 0 fully saturated rings. The summed E-state index contributed by atoms with van der Waals surface area (Å²) in [6, 6.07) is 16.6. The van der Waals surface area contributed by atoms with E-state index < -0.39 is 9.53 Å². The van der Waals surface area contributed by atoms with Crippen LogP contribution in [0.25, 0.3) is 0 Å². The molecule has 0 aliphatic carbocycles. The molecule has 5 heteroatoms. The lowest BCUT2D eigenvalue weighted by Crippen LogP contribution is -2.51. The predicted octanol–water partition coefficient (Wildman–Crippen LogP) is 1.78. The lowest BCUT2D eigenvalue weighted by molar-refractivity contribution is 0.494. The van der Waals surface area contributed by atoms with Crippen molar-refractivity contribution in [3.05, 3.63) is 60.7 Å². The average Bonchev–Trinajstić information content (AvgIpc) is 2.41. The minimum atomic E-state index is -4.40. The number of nitrogens with one attached hydrogen (secondary N) is 1. The van der Waals surface area contributed by atoms with E-state index in [1.165, 1.54) is 0 Å². The Balaban J connectivity index is 2.70. The molecular weight excluding hydrogens is 236 g/mol. The van der Waals surface area contributed by atoms with Gasteiger partial charge in [-0.25, -0.2) is 0 Å². The average molecular weight is 250 g/mol. The highest BCUT2D eigenvalue weighted by Crippen LogP contribution is 2.36. The van der Waals surface area contributed by atoms with Crippen LogP contribution in [0, 0.1) is 0 Å². The number of benzene rings is 2. The van der Waals surface area contributed by atoms with Gasteiger partial charge in [-0.05, 0) is 24.3 Å². The molecule has 0 aliphatic rings. The Morgan fingerprint density at radius 1 is 0.882 bits per heavy atom. The number of nitrogens with two attached hydrogens (primary N) is 1. The lowest BCUT2D eigenvalue weighted by atomic mass is 10.4. The molecule has 2 rings (SSSR count). The van der Waals surface area contributed by atoms with Crippen LogP contribution in [0.3, 0.4) is 0 Å². The van der Waals surface area contributed by atoms with Gasteiger partial charge in [-0.3, -0.25) is 10.4 Å². The maximum Gasteiger partial charge on any atom is 0.0753 e. The standard InChI is InChI=1S/C12H14N2O2S/c13-14-17(15,16,11-7-3-1-4-8-11)12-9-5-2-6-10-12/h1-10H,13H2,(H2,14,15,16). The summed E-state index contributed by atoms with van der Waals surface area (Å²) in [5, 5.41) is 0. The van der Waals surface area contributed by atoms with E-state index in [9.17, 15) is 8.76 Å². The van der Waals surface area contributed by atoms with Crippen molar-refractivity contribution in [1.29, 1.82) is 0 Å². The van der Waals surface area contributed by atoms with E-state index in [1.54, 1.807) is 60.7 Å². The minimum absolute atomic E-state index is 0.248. The molecule has 17 heavy (non-hydrogen) atoms. The van der Waals surface area contributed by atoms with Gasteiger partial charge in [0.25, 0.3) is 0 Å². The normalized spacial score (nSPS) is 13.9. The molecule has 0 bridgehead atoms. The van der Waals surface area contributed by atoms with Crippen molar-refractivity contribution in [2.24, 2.45) is 5.84 Å². The quantitative estimate of drug-likeness (QED) is 0.574. The van der Waals surface area contributed by atoms with Gasteiger partial charge in [0.15, 0.2) is 0 Å². The molecule has 0 saturated heterocycles. The molecule has 0 unspecified atom stereocenters. The first kappa shape index (κ1) is 11.9. The summed E-state index contributed by atoms with van der Waals surface area (Å²) in [6.45, 7) is 0. The Morgan fingerprint density at radius 2 is 1.24 bits per heavy atom. The monoisotopic (exact) mass is 250 g/mol. The number of hydrazine groups is 1. The van der Waals surface area contributed by atoms with E-state index in [-0.39, 0.29) is 9.79 Å². The van der Waals surface area contributed by atoms with Crippen LogP contribution in [0.1, 0.15) is 0 Å². The Labute approximate surface area is 99.8 Å². The maximum absolute atomic E-state index is 12.9. The van der Waals surface area contributed by atoms with Crippen LogP contribution in [0.15, 0.2) is 70.5 Å².